The first-order valence-electron chi connectivity index (χ1n) is 7.58. The van der Waals surface area contributed by atoms with Crippen molar-refractivity contribution < 1.29 is 4.79 Å². The summed E-state index contributed by atoms with van der Waals surface area (Å²) in [5.74, 6) is -0.0777. The number of carbonyl (C=O) groups is 1. The fraction of sp³-hybridized carbons (Fsp3) is 0.0526. The van der Waals surface area contributed by atoms with Gasteiger partial charge < -0.3 is 10.3 Å². The lowest BCUT2D eigenvalue weighted by Gasteiger charge is -2.06. The number of rotatable bonds is 3. The molecular weight excluding hydrogens is 318 g/mol. The summed E-state index contributed by atoms with van der Waals surface area (Å²) < 4.78 is 0. The predicted octanol–water partition coefficient (Wildman–Crippen LogP) is 4.92. The number of hydrogen-bond donors (Lipinski definition) is 2. The standard InChI is InChI=1S/C19H15N3OS/c1-12(23)22-16-4-2-3-13(7-16)15-8-17-18(14-5-6-24-11-14)10-21-19(17)20-9-15/h2-11H,1H3,(H,20,21)(H,22,23). The molecule has 0 aliphatic rings. The molecule has 3 aromatic heterocycles. The molecule has 3 heterocycles. The second-order valence-corrected chi connectivity index (χ2v) is 6.38. The molecule has 0 atom stereocenters. The number of pyridine rings is 1. The number of thiophene rings is 1. The van der Waals surface area contributed by atoms with Crippen LogP contribution in [0.1, 0.15) is 6.92 Å². The van der Waals surface area contributed by atoms with E-state index in [2.05, 4.69) is 38.2 Å². The summed E-state index contributed by atoms with van der Waals surface area (Å²) in [6.45, 7) is 1.51. The number of aromatic nitrogens is 2. The molecule has 0 spiro atoms. The topological polar surface area (TPSA) is 57.8 Å². The van der Waals surface area contributed by atoms with Gasteiger partial charge in [-0.15, -0.1) is 0 Å². The van der Waals surface area contributed by atoms with Crippen LogP contribution in [0.15, 0.2) is 59.6 Å². The average molecular weight is 333 g/mol. The lowest BCUT2D eigenvalue weighted by molar-refractivity contribution is -0.114. The molecule has 4 aromatic rings. The summed E-state index contributed by atoms with van der Waals surface area (Å²) in [6.07, 6.45) is 3.85. The minimum Gasteiger partial charge on any atom is -0.346 e. The first-order chi connectivity index (χ1) is 11.7. The zero-order valence-electron chi connectivity index (χ0n) is 13.0. The summed E-state index contributed by atoms with van der Waals surface area (Å²) in [6, 6.07) is 12.0. The fourth-order valence-electron chi connectivity index (χ4n) is 2.80. The normalized spacial score (nSPS) is 10.9. The number of anilines is 1. The zero-order valence-corrected chi connectivity index (χ0v) is 13.9. The molecule has 0 aliphatic carbocycles. The molecule has 24 heavy (non-hydrogen) atoms. The molecule has 2 N–H and O–H groups in total. The van der Waals surface area contributed by atoms with E-state index < -0.39 is 0 Å². The Kier molecular flexibility index (Phi) is 3.63. The lowest BCUT2D eigenvalue weighted by atomic mass is 10.0. The van der Waals surface area contributed by atoms with Gasteiger partial charge in [-0.1, -0.05) is 12.1 Å². The number of H-pyrrole nitrogens is 1. The van der Waals surface area contributed by atoms with Crippen LogP contribution in [-0.4, -0.2) is 15.9 Å². The largest absolute Gasteiger partial charge is 0.346 e. The van der Waals surface area contributed by atoms with Crippen LogP contribution in [0.2, 0.25) is 0 Å². The minimum atomic E-state index is -0.0777. The Morgan fingerprint density at radius 2 is 2.08 bits per heavy atom. The molecule has 0 radical (unpaired) electrons. The Labute approximate surface area is 143 Å². The number of amides is 1. The Hall–Kier alpha value is -2.92. The Morgan fingerprint density at radius 3 is 2.88 bits per heavy atom. The van der Waals surface area contributed by atoms with Gasteiger partial charge in [-0.3, -0.25) is 4.79 Å². The number of hydrogen-bond acceptors (Lipinski definition) is 3. The highest BCUT2D eigenvalue weighted by molar-refractivity contribution is 7.08. The SMILES string of the molecule is CC(=O)Nc1cccc(-c2cnc3[nH]cc(-c4ccsc4)c3c2)c1. The number of nitrogens with one attached hydrogen (secondary N) is 2. The van der Waals surface area contributed by atoms with Crippen molar-refractivity contribution in [3.63, 3.8) is 0 Å². The van der Waals surface area contributed by atoms with E-state index in [-0.39, 0.29) is 5.91 Å². The van der Waals surface area contributed by atoms with Gasteiger partial charge in [0.15, 0.2) is 0 Å². The Bertz CT molecular complexity index is 1020. The van der Waals surface area contributed by atoms with E-state index in [1.807, 2.05) is 36.7 Å². The highest BCUT2D eigenvalue weighted by atomic mass is 32.1. The molecule has 1 aromatic carbocycles. The van der Waals surface area contributed by atoms with Gasteiger partial charge in [0.05, 0.1) is 0 Å². The van der Waals surface area contributed by atoms with Crippen molar-refractivity contribution in [2.75, 3.05) is 5.32 Å². The van der Waals surface area contributed by atoms with Crippen LogP contribution in [0.4, 0.5) is 5.69 Å². The minimum absolute atomic E-state index is 0.0777. The average Bonchev–Trinajstić information content (AvgIpc) is 3.23. The molecule has 1 amide bonds. The summed E-state index contributed by atoms with van der Waals surface area (Å²) >= 11 is 1.68. The van der Waals surface area contributed by atoms with E-state index in [1.165, 1.54) is 12.5 Å². The maximum atomic E-state index is 11.3. The van der Waals surface area contributed by atoms with Crippen LogP contribution in [0, 0.1) is 0 Å². The molecule has 118 valence electrons. The maximum Gasteiger partial charge on any atom is 0.221 e. The van der Waals surface area contributed by atoms with E-state index in [9.17, 15) is 4.79 Å². The van der Waals surface area contributed by atoms with Crippen LogP contribution in [0.5, 0.6) is 0 Å². The molecule has 0 bridgehead atoms. The van der Waals surface area contributed by atoms with Gasteiger partial charge in [0.25, 0.3) is 0 Å². The van der Waals surface area contributed by atoms with E-state index >= 15 is 0 Å². The molecule has 5 heteroatoms. The second-order valence-electron chi connectivity index (χ2n) is 5.60. The van der Waals surface area contributed by atoms with Crippen LogP contribution in [0.3, 0.4) is 0 Å². The second kappa shape index (κ2) is 5.94. The molecule has 0 fully saturated rings. The third-order valence-corrected chi connectivity index (χ3v) is 4.56. The molecule has 4 nitrogen and oxygen atoms in total. The maximum absolute atomic E-state index is 11.3. The van der Waals surface area contributed by atoms with Gasteiger partial charge in [-0.2, -0.15) is 11.3 Å². The Morgan fingerprint density at radius 1 is 1.17 bits per heavy atom. The van der Waals surface area contributed by atoms with Crippen molar-refractivity contribution in [2.45, 2.75) is 6.92 Å². The quantitative estimate of drug-likeness (QED) is 0.559. The van der Waals surface area contributed by atoms with Crippen LogP contribution in [-0.2, 0) is 4.79 Å². The van der Waals surface area contributed by atoms with Crippen LogP contribution in [0.25, 0.3) is 33.3 Å². The first kappa shape index (κ1) is 14.7. The van der Waals surface area contributed by atoms with E-state index in [0.717, 1.165) is 33.4 Å². The summed E-state index contributed by atoms with van der Waals surface area (Å²) in [5, 5.41) is 8.11. The molecular formula is C19H15N3OS. The number of nitrogens with zero attached hydrogens (tertiary/aromatic N) is 1. The van der Waals surface area contributed by atoms with Gasteiger partial charge in [0.2, 0.25) is 5.91 Å². The van der Waals surface area contributed by atoms with Gasteiger partial charge in [0, 0.05) is 41.5 Å². The Balaban J connectivity index is 1.80. The third-order valence-electron chi connectivity index (χ3n) is 3.88. The van der Waals surface area contributed by atoms with Gasteiger partial charge >= 0.3 is 0 Å². The number of carbonyl (C=O) groups excluding carboxylic acids is 1. The monoisotopic (exact) mass is 333 g/mol. The van der Waals surface area contributed by atoms with Crippen LogP contribution >= 0.6 is 11.3 Å². The van der Waals surface area contributed by atoms with Crippen molar-refractivity contribution in [3.8, 4) is 22.3 Å². The summed E-state index contributed by atoms with van der Waals surface area (Å²) in [4.78, 5) is 19.0. The van der Waals surface area contributed by atoms with E-state index in [4.69, 9.17) is 0 Å². The molecule has 0 saturated heterocycles. The molecule has 0 aliphatic heterocycles. The first-order valence-corrected chi connectivity index (χ1v) is 8.53. The number of benzene rings is 1. The highest BCUT2D eigenvalue weighted by Gasteiger charge is 2.09. The van der Waals surface area contributed by atoms with Crippen molar-refractivity contribution in [1.29, 1.82) is 0 Å². The van der Waals surface area contributed by atoms with E-state index in [1.54, 1.807) is 11.3 Å². The number of fused-ring (bicyclic) bond motifs is 1. The van der Waals surface area contributed by atoms with Gasteiger partial charge in [-0.05, 0) is 46.2 Å². The molecule has 0 unspecified atom stereocenters. The fourth-order valence-corrected chi connectivity index (χ4v) is 3.45. The lowest BCUT2D eigenvalue weighted by Crippen LogP contribution is -2.05. The smallest absolute Gasteiger partial charge is 0.221 e. The number of aromatic amines is 1. The third kappa shape index (κ3) is 2.70. The summed E-state index contributed by atoms with van der Waals surface area (Å²) in [5.41, 5.74) is 6.04. The van der Waals surface area contributed by atoms with Crippen molar-refractivity contribution in [1.82, 2.24) is 9.97 Å². The van der Waals surface area contributed by atoms with Crippen LogP contribution < -0.4 is 5.32 Å². The zero-order chi connectivity index (χ0) is 16.5. The summed E-state index contributed by atoms with van der Waals surface area (Å²) in [7, 11) is 0. The predicted molar refractivity (Wildman–Crippen MR) is 99.1 cm³/mol. The van der Waals surface area contributed by atoms with Gasteiger partial charge in [0.1, 0.15) is 5.65 Å². The van der Waals surface area contributed by atoms with Crippen molar-refractivity contribution in [2.24, 2.45) is 0 Å². The highest BCUT2D eigenvalue weighted by Crippen LogP contribution is 2.32. The van der Waals surface area contributed by atoms with E-state index in [0.29, 0.717) is 0 Å². The van der Waals surface area contributed by atoms with Gasteiger partial charge in [-0.25, -0.2) is 4.98 Å². The molecule has 0 saturated carbocycles. The molecule has 4 rings (SSSR count). The van der Waals surface area contributed by atoms with Crippen molar-refractivity contribution >= 4 is 34.0 Å². The van der Waals surface area contributed by atoms with Crippen molar-refractivity contribution in [3.05, 3.63) is 59.6 Å².